The van der Waals surface area contributed by atoms with Gasteiger partial charge in [0, 0.05) is 50.7 Å². The molecule has 0 aliphatic heterocycles. The van der Waals surface area contributed by atoms with Gasteiger partial charge in [0.05, 0.1) is 0 Å². The number of carbonyl (C=O) groups excluding carboxylic acids is 1. The maximum absolute atomic E-state index is 12.2. The van der Waals surface area contributed by atoms with Crippen molar-refractivity contribution in [3.63, 3.8) is 0 Å². The minimum Gasteiger partial charge on any atom is -0.357 e. The normalized spacial score (nSPS) is 16.2. The predicted octanol–water partition coefficient (Wildman–Crippen LogP) is 2.75. The Morgan fingerprint density at radius 1 is 1.00 bits per heavy atom. The first-order valence-electron chi connectivity index (χ1n) is 11.0. The Morgan fingerprint density at radius 3 is 2.22 bits per heavy atom. The minimum atomic E-state index is 0.223. The number of aliphatic imine (C=N–C) groups is 1. The largest absolute Gasteiger partial charge is 0.357 e. The lowest BCUT2D eigenvalue weighted by Gasteiger charge is -2.30. The average Bonchev–Trinajstić information content (AvgIpc) is 2.64. The Morgan fingerprint density at radius 2 is 1.63 bits per heavy atom. The van der Waals surface area contributed by atoms with E-state index in [1.807, 2.05) is 0 Å². The van der Waals surface area contributed by atoms with Crippen LogP contribution < -0.4 is 16.0 Å². The third-order valence-electron chi connectivity index (χ3n) is 5.21. The van der Waals surface area contributed by atoms with Crippen LogP contribution in [0, 0.1) is 5.92 Å². The molecule has 1 rings (SSSR count). The molecule has 0 saturated heterocycles. The van der Waals surface area contributed by atoms with Crippen LogP contribution in [-0.2, 0) is 4.79 Å². The number of nitrogens with one attached hydrogen (secondary N) is 3. The molecule has 6 heteroatoms. The van der Waals surface area contributed by atoms with E-state index in [0.717, 1.165) is 44.9 Å². The van der Waals surface area contributed by atoms with Gasteiger partial charge in [-0.25, -0.2) is 0 Å². The van der Waals surface area contributed by atoms with E-state index in [2.05, 4.69) is 60.5 Å². The SMILES string of the molecule is CCNC(=NCCCN(C(C)C)C(C)C)NCCNC(=O)C1CCCCC1. The molecule has 0 atom stereocenters. The fourth-order valence-electron chi connectivity index (χ4n) is 3.77. The monoisotopic (exact) mass is 381 g/mol. The number of hydrogen-bond acceptors (Lipinski definition) is 3. The topological polar surface area (TPSA) is 68.8 Å². The van der Waals surface area contributed by atoms with Crippen LogP contribution in [0.4, 0.5) is 0 Å². The molecule has 158 valence electrons. The van der Waals surface area contributed by atoms with Crippen LogP contribution in [0.2, 0.25) is 0 Å². The molecule has 0 aromatic rings. The Hall–Kier alpha value is -1.30. The number of hydrogen-bond donors (Lipinski definition) is 3. The molecule has 1 aliphatic carbocycles. The van der Waals surface area contributed by atoms with Gasteiger partial charge in [0.25, 0.3) is 0 Å². The number of rotatable bonds is 11. The van der Waals surface area contributed by atoms with Gasteiger partial charge in [-0.1, -0.05) is 19.3 Å². The second-order valence-corrected chi connectivity index (χ2v) is 8.09. The van der Waals surface area contributed by atoms with Crippen molar-refractivity contribution in [2.75, 3.05) is 32.7 Å². The molecule has 0 aromatic carbocycles. The van der Waals surface area contributed by atoms with E-state index in [0.29, 0.717) is 25.2 Å². The van der Waals surface area contributed by atoms with Crippen molar-refractivity contribution < 1.29 is 4.79 Å². The fraction of sp³-hybridized carbons (Fsp3) is 0.905. The van der Waals surface area contributed by atoms with E-state index in [4.69, 9.17) is 0 Å². The van der Waals surface area contributed by atoms with Crippen molar-refractivity contribution in [2.45, 2.75) is 85.2 Å². The highest BCUT2D eigenvalue weighted by Crippen LogP contribution is 2.23. The lowest BCUT2D eigenvalue weighted by Crippen LogP contribution is -2.43. The molecule has 0 heterocycles. The quantitative estimate of drug-likeness (QED) is 0.292. The summed E-state index contributed by atoms with van der Waals surface area (Å²) in [5.41, 5.74) is 0. The van der Waals surface area contributed by atoms with Gasteiger partial charge in [0.15, 0.2) is 5.96 Å². The van der Waals surface area contributed by atoms with Crippen LogP contribution >= 0.6 is 0 Å². The molecule has 1 fully saturated rings. The first kappa shape index (κ1) is 23.7. The highest BCUT2D eigenvalue weighted by atomic mass is 16.1. The number of nitrogens with zero attached hydrogens (tertiary/aromatic N) is 2. The molecule has 3 N–H and O–H groups in total. The maximum Gasteiger partial charge on any atom is 0.223 e. The van der Waals surface area contributed by atoms with E-state index in [9.17, 15) is 4.79 Å². The molecule has 6 nitrogen and oxygen atoms in total. The van der Waals surface area contributed by atoms with Crippen LogP contribution in [0.1, 0.15) is 73.1 Å². The summed E-state index contributed by atoms with van der Waals surface area (Å²) < 4.78 is 0. The molecule has 0 bridgehead atoms. The first-order valence-corrected chi connectivity index (χ1v) is 11.0. The van der Waals surface area contributed by atoms with E-state index in [1.54, 1.807) is 0 Å². The third kappa shape index (κ3) is 9.99. The molecule has 1 amide bonds. The van der Waals surface area contributed by atoms with Gasteiger partial charge in [-0.2, -0.15) is 0 Å². The Bertz CT molecular complexity index is 422. The van der Waals surface area contributed by atoms with Gasteiger partial charge in [-0.15, -0.1) is 0 Å². The Balaban J connectivity index is 2.27. The van der Waals surface area contributed by atoms with Gasteiger partial charge >= 0.3 is 0 Å². The van der Waals surface area contributed by atoms with Gasteiger partial charge in [-0.05, 0) is 53.9 Å². The van der Waals surface area contributed by atoms with Crippen LogP contribution in [-0.4, -0.2) is 61.6 Å². The summed E-state index contributed by atoms with van der Waals surface area (Å²) in [5.74, 6) is 1.29. The minimum absolute atomic E-state index is 0.223. The smallest absolute Gasteiger partial charge is 0.223 e. The zero-order chi connectivity index (χ0) is 20.1. The Labute approximate surface area is 166 Å². The lowest BCUT2D eigenvalue weighted by molar-refractivity contribution is -0.125. The number of guanidine groups is 1. The third-order valence-corrected chi connectivity index (χ3v) is 5.21. The molecule has 1 aliphatic rings. The maximum atomic E-state index is 12.2. The molecule has 27 heavy (non-hydrogen) atoms. The summed E-state index contributed by atoms with van der Waals surface area (Å²) in [6, 6.07) is 1.13. The summed E-state index contributed by atoms with van der Waals surface area (Å²) in [6.07, 6.45) is 6.81. The van der Waals surface area contributed by atoms with Crippen LogP contribution in [0.15, 0.2) is 4.99 Å². The molecule has 0 spiro atoms. The van der Waals surface area contributed by atoms with Crippen molar-refractivity contribution in [3.05, 3.63) is 0 Å². The summed E-state index contributed by atoms with van der Waals surface area (Å²) in [5, 5.41) is 9.67. The summed E-state index contributed by atoms with van der Waals surface area (Å²) in [4.78, 5) is 19.3. The highest BCUT2D eigenvalue weighted by molar-refractivity contribution is 5.80. The van der Waals surface area contributed by atoms with Gasteiger partial charge in [0.2, 0.25) is 5.91 Å². The van der Waals surface area contributed by atoms with Gasteiger partial charge < -0.3 is 16.0 Å². The summed E-state index contributed by atoms with van der Waals surface area (Å²) in [7, 11) is 0. The van der Waals surface area contributed by atoms with Crippen molar-refractivity contribution in [3.8, 4) is 0 Å². The highest BCUT2D eigenvalue weighted by Gasteiger charge is 2.20. The summed E-state index contributed by atoms with van der Waals surface area (Å²) in [6.45, 7) is 15.1. The van der Waals surface area contributed by atoms with Crippen molar-refractivity contribution >= 4 is 11.9 Å². The molecule has 0 radical (unpaired) electrons. The molecular weight excluding hydrogens is 338 g/mol. The Kier molecular flexibility index (Phi) is 12.1. The van der Waals surface area contributed by atoms with Crippen molar-refractivity contribution in [1.29, 1.82) is 0 Å². The van der Waals surface area contributed by atoms with E-state index < -0.39 is 0 Å². The molecule has 0 unspecified atom stereocenters. The first-order chi connectivity index (χ1) is 13.0. The van der Waals surface area contributed by atoms with E-state index in [1.165, 1.54) is 19.3 Å². The molecule has 0 aromatic heterocycles. The zero-order valence-electron chi connectivity index (χ0n) is 18.3. The number of carbonyl (C=O) groups is 1. The van der Waals surface area contributed by atoms with Crippen LogP contribution in [0.25, 0.3) is 0 Å². The van der Waals surface area contributed by atoms with E-state index >= 15 is 0 Å². The second-order valence-electron chi connectivity index (χ2n) is 8.09. The standard InChI is InChI=1S/C21H43N5O/c1-6-22-21(24-13-10-16-26(17(2)3)18(4)5)25-15-14-23-20(27)19-11-8-7-9-12-19/h17-19H,6-16H2,1-5H3,(H,23,27)(H2,22,24,25). The number of amides is 1. The van der Waals surface area contributed by atoms with Crippen molar-refractivity contribution in [1.82, 2.24) is 20.9 Å². The van der Waals surface area contributed by atoms with Gasteiger partial charge in [-0.3, -0.25) is 14.7 Å². The fourth-order valence-corrected chi connectivity index (χ4v) is 3.77. The summed E-state index contributed by atoms with van der Waals surface area (Å²) >= 11 is 0. The lowest BCUT2D eigenvalue weighted by atomic mass is 9.89. The van der Waals surface area contributed by atoms with E-state index in [-0.39, 0.29) is 11.8 Å². The second kappa shape index (κ2) is 13.8. The molecular formula is C21H43N5O. The predicted molar refractivity (Wildman–Crippen MR) is 115 cm³/mol. The van der Waals surface area contributed by atoms with Crippen molar-refractivity contribution in [2.24, 2.45) is 10.9 Å². The van der Waals surface area contributed by atoms with Crippen LogP contribution in [0.3, 0.4) is 0 Å². The average molecular weight is 382 g/mol. The van der Waals surface area contributed by atoms with Gasteiger partial charge in [0.1, 0.15) is 0 Å². The zero-order valence-corrected chi connectivity index (χ0v) is 18.3. The van der Waals surface area contributed by atoms with Crippen LogP contribution in [0.5, 0.6) is 0 Å². The molecule has 1 saturated carbocycles.